The lowest BCUT2D eigenvalue weighted by Gasteiger charge is -2.32. The van der Waals surface area contributed by atoms with E-state index in [1.54, 1.807) is 24.3 Å². The van der Waals surface area contributed by atoms with Crippen LogP contribution < -0.4 is 19.1 Å². The van der Waals surface area contributed by atoms with Crippen molar-refractivity contribution in [2.75, 3.05) is 13.4 Å². The Balaban J connectivity index is 2.06. The van der Waals surface area contributed by atoms with Gasteiger partial charge in [0.15, 0.2) is 5.76 Å². The highest BCUT2D eigenvalue weighted by Crippen LogP contribution is 2.43. The monoisotopic (exact) mass is 446 g/mol. The van der Waals surface area contributed by atoms with Gasteiger partial charge in [-0.25, -0.2) is 0 Å². The van der Waals surface area contributed by atoms with E-state index in [1.165, 1.54) is 13.2 Å². The highest BCUT2D eigenvalue weighted by atomic mass is 32.2. The van der Waals surface area contributed by atoms with Crippen LogP contribution in [0.3, 0.4) is 0 Å². The number of ether oxygens (including phenoxy) is 2. The van der Waals surface area contributed by atoms with E-state index >= 15 is 0 Å². The van der Waals surface area contributed by atoms with E-state index in [4.69, 9.17) is 18.1 Å². The molecule has 0 atom stereocenters. The maximum absolute atomic E-state index is 13.3. The normalized spacial score (nSPS) is 15.2. The molecule has 8 nitrogen and oxygen atoms in total. The van der Waals surface area contributed by atoms with E-state index in [9.17, 15) is 18.3 Å². The molecule has 1 aliphatic rings. The number of methoxy groups -OCH3 is 1. The Hall–Kier alpha value is -3.20. The summed E-state index contributed by atoms with van der Waals surface area (Å²) in [5.74, 6) is 0.0282. The lowest BCUT2D eigenvalue weighted by atomic mass is 9.92. The highest BCUT2D eigenvalue weighted by Gasteiger charge is 2.32. The number of aromatic hydroxyl groups is 1. The first-order valence-corrected chi connectivity index (χ1v) is 11.4. The van der Waals surface area contributed by atoms with Crippen LogP contribution in [0, 0.1) is 0 Å². The van der Waals surface area contributed by atoms with Gasteiger partial charge in [-0.2, -0.15) is 8.42 Å². The predicted octanol–water partition coefficient (Wildman–Crippen LogP) is 3.62. The largest absolute Gasteiger partial charge is 0.507 e. The summed E-state index contributed by atoms with van der Waals surface area (Å²) in [7, 11) is -2.53. The van der Waals surface area contributed by atoms with Crippen LogP contribution in [0.5, 0.6) is 23.0 Å². The molecule has 0 amide bonds. The van der Waals surface area contributed by atoms with Crippen LogP contribution in [0.4, 0.5) is 0 Å². The molecule has 1 N–H and O–H groups in total. The number of fused-ring (bicyclic) bond motifs is 3. The first-order valence-electron chi connectivity index (χ1n) is 9.57. The molecule has 0 saturated heterocycles. The summed E-state index contributed by atoms with van der Waals surface area (Å²) >= 11 is 0. The number of phenolic OH excluding ortho intramolecular Hbond substituents is 1. The predicted molar refractivity (Wildman–Crippen MR) is 115 cm³/mol. The van der Waals surface area contributed by atoms with Crippen molar-refractivity contribution >= 4 is 21.1 Å². The zero-order valence-corrected chi connectivity index (χ0v) is 18.3. The van der Waals surface area contributed by atoms with Gasteiger partial charge in [-0.05, 0) is 51.0 Å². The molecule has 31 heavy (non-hydrogen) atoms. The van der Waals surface area contributed by atoms with Crippen molar-refractivity contribution in [1.29, 1.82) is 0 Å². The minimum absolute atomic E-state index is 0.0665. The molecular weight excluding hydrogens is 424 g/mol. The topological polar surface area (TPSA) is 112 Å². The minimum atomic E-state index is -4.05. The number of hydrogen-bond donors (Lipinski definition) is 1. The van der Waals surface area contributed by atoms with E-state index in [-0.39, 0.29) is 22.5 Å². The fourth-order valence-electron chi connectivity index (χ4n) is 3.62. The van der Waals surface area contributed by atoms with Gasteiger partial charge in [0.1, 0.15) is 33.8 Å². The van der Waals surface area contributed by atoms with Gasteiger partial charge in [0.05, 0.1) is 13.4 Å². The minimum Gasteiger partial charge on any atom is -0.507 e. The number of benzene rings is 2. The molecule has 1 aromatic heterocycles. The van der Waals surface area contributed by atoms with Crippen molar-refractivity contribution < 1.29 is 31.6 Å². The van der Waals surface area contributed by atoms with Gasteiger partial charge >= 0.3 is 10.1 Å². The van der Waals surface area contributed by atoms with Crippen LogP contribution in [-0.2, 0) is 16.5 Å². The van der Waals surface area contributed by atoms with Crippen molar-refractivity contribution in [3.05, 3.63) is 46.1 Å². The Bertz CT molecular complexity index is 1330. The summed E-state index contributed by atoms with van der Waals surface area (Å²) in [4.78, 5) is 13.3. The van der Waals surface area contributed by atoms with Crippen LogP contribution in [0.15, 0.2) is 39.5 Å². The fraction of sp³-hybridized carbons (Fsp3) is 0.318. The molecular formula is C22H22O8S. The van der Waals surface area contributed by atoms with Gasteiger partial charge in [0.25, 0.3) is 0 Å². The van der Waals surface area contributed by atoms with Crippen molar-refractivity contribution in [3.8, 4) is 34.3 Å². The van der Waals surface area contributed by atoms with E-state index in [1.807, 2.05) is 13.8 Å². The van der Waals surface area contributed by atoms with E-state index in [0.717, 1.165) is 6.26 Å². The van der Waals surface area contributed by atoms with E-state index in [2.05, 4.69) is 0 Å². The molecule has 164 valence electrons. The van der Waals surface area contributed by atoms with Gasteiger partial charge in [-0.3, -0.25) is 4.79 Å². The SMILES string of the molecule is COc1ccc(-c2oc3c4c(cc(O)c3c(=O)c2OS(C)(=O)=O)OC(C)(C)CC4)cc1. The quantitative estimate of drug-likeness (QED) is 0.605. The maximum Gasteiger partial charge on any atom is 0.306 e. The van der Waals surface area contributed by atoms with Crippen molar-refractivity contribution in [2.45, 2.75) is 32.3 Å². The smallest absolute Gasteiger partial charge is 0.306 e. The van der Waals surface area contributed by atoms with E-state index in [0.29, 0.717) is 35.5 Å². The number of phenols is 1. The van der Waals surface area contributed by atoms with Gasteiger partial charge in [-0.15, -0.1) is 0 Å². The first kappa shape index (κ1) is 21.0. The Morgan fingerprint density at radius 1 is 1.16 bits per heavy atom. The molecule has 0 aliphatic carbocycles. The molecule has 9 heteroatoms. The average molecular weight is 446 g/mol. The first-order chi connectivity index (χ1) is 14.5. The van der Waals surface area contributed by atoms with Gasteiger partial charge < -0.3 is 23.2 Å². The van der Waals surface area contributed by atoms with Crippen molar-refractivity contribution in [3.63, 3.8) is 0 Å². The zero-order valence-electron chi connectivity index (χ0n) is 17.5. The number of hydrogen-bond acceptors (Lipinski definition) is 8. The lowest BCUT2D eigenvalue weighted by molar-refractivity contribution is 0.0846. The van der Waals surface area contributed by atoms with E-state index < -0.39 is 26.9 Å². The fourth-order valence-corrected chi connectivity index (χ4v) is 4.08. The summed E-state index contributed by atoms with van der Waals surface area (Å²) in [5, 5.41) is 10.4. The van der Waals surface area contributed by atoms with Crippen LogP contribution >= 0.6 is 0 Å². The summed E-state index contributed by atoms with van der Waals surface area (Å²) < 4.78 is 45.9. The number of aryl methyl sites for hydroxylation is 1. The third kappa shape index (κ3) is 3.93. The van der Waals surface area contributed by atoms with Gasteiger partial charge in [-0.1, -0.05) is 0 Å². The molecule has 0 bridgehead atoms. The third-order valence-electron chi connectivity index (χ3n) is 5.12. The lowest BCUT2D eigenvalue weighted by Crippen LogP contribution is -2.32. The molecule has 3 aromatic rings. The summed E-state index contributed by atoms with van der Waals surface area (Å²) in [6.07, 6.45) is 2.05. The second kappa shape index (κ2) is 7.19. The summed E-state index contributed by atoms with van der Waals surface area (Å²) in [6, 6.07) is 7.88. The Kier molecular flexibility index (Phi) is 4.88. The molecule has 2 aromatic carbocycles. The van der Waals surface area contributed by atoms with Gasteiger partial charge in [0.2, 0.25) is 11.2 Å². The van der Waals surface area contributed by atoms with Crippen LogP contribution in [0.1, 0.15) is 25.8 Å². The van der Waals surface area contributed by atoms with Crippen molar-refractivity contribution in [2.24, 2.45) is 0 Å². The Morgan fingerprint density at radius 3 is 2.45 bits per heavy atom. The molecule has 0 fully saturated rings. The van der Waals surface area contributed by atoms with Crippen LogP contribution in [0.25, 0.3) is 22.3 Å². The number of rotatable bonds is 4. The Labute approximate surface area is 179 Å². The average Bonchev–Trinajstić information content (AvgIpc) is 2.68. The second-order valence-electron chi connectivity index (χ2n) is 8.04. The Morgan fingerprint density at radius 2 is 1.84 bits per heavy atom. The molecule has 1 aliphatic heterocycles. The summed E-state index contributed by atoms with van der Waals surface area (Å²) in [5.41, 5.74) is -0.0479. The maximum atomic E-state index is 13.3. The molecule has 0 unspecified atom stereocenters. The van der Waals surface area contributed by atoms with Crippen LogP contribution in [0.2, 0.25) is 0 Å². The third-order valence-corrected chi connectivity index (χ3v) is 5.59. The molecule has 0 spiro atoms. The highest BCUT2D eigenvalue weighted by molar-refractivity contribution is 7.86. The van der Waals surface area contributed by atoms with Gasteiger partial charge in [0, 0.05) is 17.2 Å². The molecule has 0 saturated carbocycles. The molecule has 4 rings (SSSR count). The second-order valence-corrected chi connectivity index (χ2v) is 9.62. The van der Waals surface area contributed by atoms with Crippen molar-refractivity contribution in [1.82, 2.24) is 0 Å². The van der Waals surface area contributed by atoms with Crippen LogP contribution in [-0.4, -0.2) is 32.5 Å². The summed E-state index contributed by atoms with van der Waals surface area (Å²) in [6.45, 7) is 3.86. The standard InChI is InChI=1S/C22H22O8S/c1-22(2)10-9-14-16(29-22)11-15(23)17-18(24)21(30-31(4,25)26)19(28-20(14)17)12-5-7-13(27-3)8-6-12/h5-8,11,23H,9-10H2,1-4H3. The zero-order chi connectivity index (χ0) is 22.6. The molecule has 2 heterocycles. The molecule has 0 radical (unpaired) electrons.